The summed E-state index contributed by atoms with van der Waals surface area (Å²) in [5, 5.41) is 14.0. The van der Waals surface area contributed by atoms with Crippen molar-refractivity contribution in [3.8, 4) is 0 Å². The van der Waals surface area contributed by atoms with Crippen LogP contribution in [-0.4, -0.2) is 42.6 Å². The van der Waals surface area contributed by atoms with Crippen molar-refractivity contribution in [1.82, 2.24) is 15.5 Å². The molecule has 19 heavy (non-hydrogen) atoms. The van der Waals surface area contributed by atoms with E-state index in [0.717, 1.165) is 45.4 Å². The number of guanidine groups is 1. The minimum atomic E-state index is 0.153. The average Bonchev–Trinajstić information content (AvgIpc) is 2.81. The Morgan fingerprint density at radius 3 is 2.53 bits per heavy atom. The van der Waals surface area contributed by atoms with Gasteiger partial charge in [0.05, 0.1) is 5.54 Å². The number of hydrogen-bond donors (Lipinski definition) is 3. The highest BCUT2D eigenvalue weighted by molar-refractivity contribution is 5.79. The second-order valence-corrected chi connectivity index (χ2v) is 5.71. The standard InChI is InChI=1S/C15H22N4/c16-14-17-12-15(18-14)7-10-19(11-8-15)9-6-13-4-2-1-3-5-13/h1-5H,6-12H2,(H3,16,17,18). The number of nitrogens with zero attached hydrogens (tertiary/aromatic N) is 1. The molecule has 0 unspecified atom stereocenters. The van der Waals surface area contributed by atoms with Crippen molar-refractivity contribution in [3.05, 3.63) is 35.9 Å². The van der Waals surface area contributed by atoms with Gasteiger partial charge in [0.1, 0.15) is 0 Å². The number of benzene rings is 1. The Labute approximate surface area is 114 Å². The van der Waals surface area contributed by atoms with Crippen LogP contribution in [0.4, 0.5) is 0 Å². The lowest BCUT2D eigenvalue weighted by Crippen LogP contribution is -2.52. The molecular weight excluding hydrogens is 236 g/mol. The summed E-state index contributed by atoms with van der Waals surface area (Å²) in [7, 11) is 0. The van der Waals surface area contributed by atoms with Crippen LogP contribution in [0.15, 0.2) is 30.3 Å². The lowest BCUT2D eigenvalue weighted by Gasteiger charge is -2.38. The minimum Gasteiger partial charge on any atom is -0.354 e. The number of rotatable bonds is 3. The Bertz CT molecular complexity index is 435. The number of hydrogen-bond acceptors (Lipinski definition) is 2. The molecule has 0 aliphatic carbocycles. The monoisotopic (exact) mass is 258 g/mol. The zero-order chi connectivity index (χ0) is 13.1. The summed E-state index contributed by atoms with van der Waals surface area (Å²) in [5.74, 6) is 0.498. The van der Waals surface area contributed by atoms with E-state index in [1.54, 1.807) is 0 Å². The van der Waals surface area contributed by atoms with Crippen molar-refractivity contribution in [1.29, 1.82) is 5.41 Å². The second-order valence-electron chi connectivity index (χ2n) is 5.71. The fourth-order valence-electron chi connectivity index (χ4n) is 3.05. The Morgan fingerprint density at radius 2 is 1.89 bits per heavy atom. The summed E-state index contributed by atoms with van der Waals surface area (Å²) in [4.78, 5) is 2.54. The number of nitrogens with one attached hydrogen (secondary N) is 3. The van der Waals surface area contributed by atoms with Gasteiger partial charge in [-0.3, -0.25) is 5.41 Å². The molecule has 2 aliphatic heterocycles. The topological polar surface area (TPSA) is 51.2 Å². The Hall–Kier alpha value is -1.55. The van der Waals surface area contributed by atoms with Crippen molar-refractivity contribution in [2.24, 2.45) is 0 Å². The zero-order valence-electron chi connectivity index (χ0n) is 11.3. The van der Waals surface area contributed by atoms with Gasteiger partial charge in [-0.05, 0) is 24.8 Å². The fraction of sp³-hybridized carbons (Fsp3) is 0.533. The lowest BCUT2D eigenvalue weighted by atomic mass is 9.88. The van der Waals surface area contributed by atoms with Gasteiger partial charge in [-0.15, -0.1) is 0 Å². The van der Waals surface area contributed by atoms with E-state index in [1.165, 1.54) is 5.56 Å². The maximum absolute atomic E-state index is 7.62. The third kappa shape index (κ3) is 2.89. The molecule has 102 valence electrons. The van der Waals surface area contributed by atoms with Crippen molar-refractivity contribution in [2.45, 2.75) is 24.8 Å². The van der Waals surface area contributed by atoms with E-state index >= 15 is 0 Å². The second kappa shape index (κ2) is 5.21. The van der Waals surface area contributed by atoms with Crippen LogP contribution in [-0.2, 0) is 6.42 Å². The summed E-state index contributed by atoms with van der Waals surface area (Å²) < 4.78 is 0. The van der Waals surface area contributed by atoms with E-state index in [2.05, 4.69) is 45.9 Å². The van der Waals surface area contributed by atoms with Crippen molar-refractivity contribution < 1.29 is 0 Å². The molecule has 3 rings (SSSR count). The largest absolute Gasteiger partial charge is 0.354 e. The normalized spacial score (nSPS) is 22.2. The summed E-state index contributed by atoms with van der Waals surface area (Å²) in [6.45, 7) is 4.33. The molecule has 0 amide bonds. The summed E-state index contributed by atoms with van der Waals surface area (Å²) in [5.41, 5.74) is 1.57. The minimum absolute atomic E-state index is 0.153. The van der Waals surface area contributed by atoms with Crippen LogP contribution >= 0.6 is 0 Å². The Kier molecular flexibility index (Phi) is 3.42. The first-order valence-electron chi connectivity index (χ1n) is 7.13. The third-order valence-electron chi connectivity index (χ3n) is 4.37. The van der Waals surface area contributed by atoms with E-state index in [1.807, 2.05) is 0 Å². The van der Waals surface area contributed by atoms with Gasteiger partial charge in [0.15, 0.2) is 5.96 Å². The first-order chi connectivity index (χ1) is 9.26. The number of piperidine rings is 1. The van der Waals surface area contributed by atoms with Gasteiger partial charge in [-0.2, -0.15) is 0 Å². The average molecular weight is 258 g/mol. The first-order valence-corrected chi connectivity index (χ1v) is 7.13. The molecule has 2 heterocycles. The lowest BCUT2D eigenvalue weighted by molar-refractivity contribution is 0.161. The molecule has 0 aromatic heterocycles. The molecule has 2 aliphatic rings. The van der Waals surface area contributed by atoms with Crippen LogP contribution in [0.1, 0.15) is 18.4 Å². The van der Waals surface area contributed by atoms with E-state index in [-0.39, 0.29) is 5.54 Å². The van der Waals surface area contributed by atoms with Crippen molar-refractivity contribution >= 4 is 5.96 Å². The molecule has 3 N–H and O–H groups in total. The zero-order valence-corrected chi connectivity index (χ0v) is 11.3. The highest BCUT2D eigenvalue weighted by Gasteiger charge is 2.38. The van der Waals surface area contributed by atoms with Gasteiger partial charge < -0.3 is 15.5 Å². The van der Waals surface area contributed by atoms with Crippen LogP contribution in [0.2, 0.25) is 0 Å². The van der Waals surface area contributed by atoms with E-state index in [4.69, 9.17) is 5.41 Å². The van der Waals surface area contributed by atoms with E-state index < -0.39 is 0 Å². The maximum Gasteiger partial charge on any atom is 0.188 e. The quantitative estimate of drug-likeness (QED) is 0.763. The predicted octanol–water partition coefficient (Wildman–Crippen LogP) is 1.19. The summed E-state index contributed by atoms with van der Waals surface area (Å²) in [6, 6.07) is 10.7. The Balaban J connectivity index is 1.47. The highest BCUT2D eigenvalue weighted by atomic mass is 15.3. The third-order valence-corrected chi connectivity index (χ3v) is 4.37. The molecule has 1 spiro atoms. The number of likely N-dealkylation sites (tertiary alicyclic amines) is 1. The predicted molar refractivity (Wildman–Crippen MR) is 77.4 cm³/mol. The molecule has 2 fully saturated rings. The van der Waals surface area contributed by atoms with Gasteiger partial charge in [0, 0.05) is 26.2 Å². The molecule has 1 aromatic carbocycles. The summed E-state index contributed by atoms with van der Waals surface area (Å²) in [6.07, 6.45) is 3.41. The molecule has 2 saturated heterocycles. The molecule has 1 aromatic rings. The fourth-order valence-corrected chi connectivity index (χ4v) is 3.05. The summed E-state index contributed by atoms with van der Waals surface area (Å²) >= 11 is 0. The molecule has 0 bridgehead atoms. The van der Waals surface area contributed by atoms with Crippen LogP contribution in [0, 0.1) is 5.41 Å². The van der Waals surface area contributed by atoms with Crippen LogP contribution in [0.25, 0.3) is 0 Å². The van der Waals surface area contributed by atoms with Crippen LogP contribution in [0.3, 0.4) is 0 Å². The SMILES string of the molecule is N=C1NCC2(CCN(CCc3ccccc3)CC2)N1. The van der Waals surface area contributed by atoms with Crippen LogP contribution in [0.5, 0.6) is 0 Å². The Morgan fingerprint density at radius 1 is 1.16 bits per heavy atom. The van der Waals surface area contributed by atoms with Crippen molar-refractivity contribution in [2.75, 3.05) is 26.2 Å². The van der Waals surface area contributed by atoms with Crippen molar-refractivity contribution in [3.63, 3.8) is 0 Å². The highest BCUT2D eigenvalue weighted by Crippen LogP contribution is 2.24. The molecule has 4 heteroatoms. The van der Waals surface area contributed by atoms with Gasteiger partial charge >= 0.3 is 0 Å². The molecule has 0 atom stereocenters. The van der Waals surface area contributed by atoms with Gasteiger partial charge in [0.25, 0.3) is 0 Å². The first kappa shape index (κ1) is 12.5. The van der Waals surface area contributed by atoms with Gasteiger partial charge in [0.2, 0.25) is 0 Å². The molecular formula is C15H22N4. The smallest absolute Gasteiger partial charge is 0.188 e. The molecule has 4 nitrogen and oxygen atoms in total. The maximum atomic E-state index is 7.62. The van der Waals surface area contributed by atoms with E-state index in [0.29, 0.717) is 5.96 Å². The van der Waals surface area contributed by atoms with Gasteiger partial charge in [-0.25, -0.2) is 0 Å². The molecule has 0 saturated carbocycles. The van der Waals surface area contributed by atoms with Gasteiger partial charge in [-0.1, -0.05) is 30.3 Å². The van der Waals surface area contributed by atoms with Crippen LogP contribution < -0.4 is 10.6 Å². The molecule has 0 radical (unpaired) electrons. The van der Waals surface area contributed by atoms with E-state index in [9.17, 15) is 0 Å².